The van der Waals surface area contributed by atoms with Crippen molar-refractivity contribution in [2.75, 3.05) is 18.8 Å². The summed E-state index contributed by atoms with van der Waals surface area (Å²) < 4.78 is 1.81. The van der Waals surface area contributed by atoms with E-state index in [9.17, 15) is 0 Å². The third-order valence-corrected chi connectivity index (χ3v) is 3.10. The molecule has 2 aromatic heterocycles. The van der Waals surface area contributed by atoms with Gasteiger partial charge in [-0.15, -0.1) is 5.10 Å². The third kappa shape index (κ3) is 1.68. The van der Waals surface area contributed by atoms with E-state index in [0.29, 0.717) is 5.95 Å². The number of nitrogens with two attached hydrogens (primary N) is 1. The number of pyridine rings is 1. The molecule has 0 bridgehead atoms. The Bertz CT molecular complexity index is 596. The summed E-state index contributed by atoms with van der Waals surface area (Å²) in [5.41, 5.74) is 10.0. The summed E-state index contributed by atoms with van der Waals surface area (Å²) in [6.07, 6.45) is 3.23. The van der Waals surface area contributed by atoms with Gasteiger partial charge in [-0.3, -0.25) is 0 Å². The molecular formula is C12H15N5. The molecule has 0 aliphatic carbocycles. The first-order valence-corrected chi connectivity index (χ1v) is 5.77. The van der Waals surface area contributed by atoms with Gasteiger partial charge in [-0.2, -0.15) is 4.98 Å². The maximum atomic E-state index is 5.68. The van der Waals surface area contributed by atoms with Gasteiger partial charge in [0.2, 0.25) is 5.95 Å². The highest BCUT2D eigenvalue weighted by Gasteiger charge is 2.13. The largest absolute Gasteiger partial charge is 0.366 e. The summed E-state index contributed by atoms with van der Waals surface area (Å²) in [6, 6.07) is 4.16. The van der Waals surface area contributed by atoms with Crippen molar-refractivity contribution < 1.29 is 0 Å². The molecule has 0 radical (unpaired) electrons. The second-order valence-electron chi connectivity index (χ2n) is 4.28. The van der Waals surface area contributed by atoms with Crippen LogP contribution in [0.4, 0.5) is 5.95 Å². The molecule has 3 N–H and O–H groups in total. The van der Waals surface area contributed by atoms with Crippen LogP contribution in [0.15, 0.2) is 18.2 Å². The molecular weight excluding hydrogens is 214 g/mol. The van der Waals surface area contributed by atoms with Crippen LogP contribution in [0.2, 0.25) is 0 Å². The van der Waals surface area contributed by atoms with E-state index in [1.54, 1.807) is 0 Å². The topological polar surface area (TPSA) is 68.2 Å². The molecule has 0 amide bonds. The molecule has 2 aromatic rings. The van der Waals surface area contributed by atoms with E-state index >= 15 is 0 Å². The Labute approximate surface area is 99.3 Å². The van der Waals surface area contributed by atoms with Crippen molar-refractivity contribution in [1.29, 1.82) is 0 Å². The lowest BCUT2D eigenvalue weighted by molar-refractivity contribution is 0.738. The van der Waals surface area contributed by atoms with Gasteiger partial charge in [0, 0.05) is 17.8 Å². The van der Waals surface area contributed by atoms with Crippen molar-refractivity contribution in [3.8, 4) is 0 Å². The predicted molar refractivity (Wildman–Crippen MR) is 67.6 cm³/mol. The van der Waals surface area contributed by atoms with Crippen molar-refractivity contribution in [2.24, 2.45) is 0 Å². The van der Waals surface area contributed by atoms with Crippen LogP contribution < -0.4 is 11.1 Å². The van der Waals surface area contributed by atoms with E-state index in [-0.39, 0.29) is 0 Å². The number of rotatable bonds is 1. The van der Waals surface area contributed by atoms with Gasteiger partial charge < -0.3 is 11.1 Å². The van der Waals surface area contributed by atoms with Crippen molar-refractivity contribution in [2.45, 2.75) is 13.3 Å². The lowest BCUT2D eigenvalue weighted by Gasteiger charge is -2.14. The molecule has 5 nitrogen and oxygen atoms in total. The molecule has 0 saturated carbocycles. The summed E-state index contributed by atoms with van der Waals surface area (Å²) >= 11 is 0. The quantitative estimate of drug-likeness (QED) is 0.765. The standard InChI is InChI=1S/C12H15N5/c1-8-2-3-10(9-4-6-14-7-5-9)11-15-12(13)16-17(8)11/h2-4,14H,5-7H2,1H3,(H2,13,16). The molecule has 0 saturated heterocycles. The molecule has 0 aromatic carbocycles. The lowest BCUT2D eigenvalue weighted by atomic mass is 10.0. The second kappa shape index (κ2) is 3.85. The highest BCUT2D eigenvalue weighted by atomic mass is 15.3. The van der Waals surface area contributed by atoms with Crippen molar-refractivity contribution >= 4 is 17.2 Å². The van der Waals surface area contributed by atoms with E-state index in [1.165, 1.54) is 5.57 Å². The minimum Gasteiger partial charge on any atom is -0.366 e. The minimum atomic E-state index is 0.329. The second-order valence-corrected chi connectivity index (χ2v) is 4.28. The van der Waals surface area contributed by atoms with E-state index < -0.39 is 0 Å². The van der Waals surface area contributed by atoms with Crippen LogP contribution in [-0.4, -0.2) is 27.7 Å². The fourth-order valence-electron chi connectivity index (χ4n) is 2.22. The summed E-state index contributed by atoms with van der Waals surface area (Å²) in [6.45, 7) is 3.93. The smallest absolute Gasteiger partial charge is 0.240 e. The van der Waals surface area contributed by atoms with E-state index in [1.807, 2.05) is 11.4 Å². The predicted octanol–water partition coefficient (Wildman–Crippen LogP) is 0.997. The summed E-state index contributed by atoms with van der Waals surface area (Å²) in [4.78, 5) is 4.32. The number of hydrogen-bond donors (Lipinski definition) is 2. The van der Waals surface area contributed by atoms with Gasteiger partial charge in [-0.1, -0.05) is 6.08 Å². The van der Waals surface area contributed by atoms with Gasteiger partial charge >= 0.3 is 0 Å². The summed E-state index contributed by atoms with van der Waals surface area (Å²) in [7, 11) is 0. The molecule has 1 aliphatic heterocycles. The summed E-state index contributed by atoms with van der Waals surface area (Å²) in [5, 5.41) is 7.51. The first-order valence-electron chi connectivity index (χ1n) is 5.77. The number of nitrogen functional groups attached to an aromatic ring is 1. The van der Waals surface area contributed by atoms with Gasteiger partial charge in [0.1, 0.15) is 0 Å². The fraction of sp³-hybridized carbons (Fsp3) is 0.333. The maximum absolute atomic E-state index is 5.68. The number of aryl methyl sites for hydroxylation is 1. The van der Waals surface area contributed by atoms with Gasteiger partial charge in [0.25, 0.3) is 0 Å². The van der Waals surface area contributed by atoms with Crippen LogP contribution in [0.25, 0.3) is 11.2 Å². The molecule has 0 atom stereocenters. The highest BCUT2D eigenvalue weighted by Crippen LogP contribution is 2.24. The number of nitrogens with zero attached hydrogens (tertiary/aromatic N) is 3. The van der Waals surface area contributed by atoms with Crippen molar-refractivity contribution in [1.82, 2.24) is 19.9 Å². The molecule has 88 valence electrons. The fourth-order valence-corrected chi connectivity index (χ4v) is 2.22. The van der Waals surface area contributed by atoms with Gasteiger partial charge in [-0.05, 0) is 37.6 Å². The van der Waals surface area contributed by atoms with Crippen molar-refractivity contribution in [3.05, 3.63) is 29.5 Å². The first-order chi connectivity index (χ1) is 8.25. The first kappa shape index (κ1) is 10.3. The zero-order valence-corrected chi connectivity index (χ0v) is 9.77. The number of hydrogen-bond acceptors (Lipinski definition) is 4. The van der Waals surface area contributed by atoms with E-state index in [4.69, 9.17) is 5.73 Å². The number of fused-ring (bicyclic) bond motifs is 1. The zero-order valence-electron chi connectivity index (χ0n) is 9.77. The zero-order chi connectivity index (χ0) is 11.8. The van der Waals surface area contributed by atoms with E-state index in [0.717, 1.165) is 36.4 Å². The maximum Gasteiger partial charge on any atom is 0.240 e. The Morgan fingerprint density at radius 1 is 1.41 bits per heavy atom. The van der Waals surface area contributed by atoms with Gasteiger partial charge in [0.15, 0.2) is 5.65 Å². The Morgan fingerprint density at radius 3 is 3.06 bits per heavy atom. The SMILES string of the molecule is Cc1ccc(C2=CCNCC2)c2nc(N)nn12. The monoisotopic (exact) mass is 229 g/mol. The molecule has 5 heteroatoms. The molecule has 1 aliphatic rings. The Hall–Kier alpha value is -1.88. The van der Waals surface area contributed by atoms with Crippen LogP contribution in [0.1, 0.15) is 17.7 Å². The third-order valence-electron chi connectivity index (χ3n) is 3.10. The molecule has 0 fully saturated rings. The normalized spacial score (nSPS) is 16.2. The van der Waals surface area contributed by atoms with Crippen LogP contribution in [0.5, 0.6) is 0 Å². The minimum absolute atomic E-state index is 0.329. The molecule has 17 heavy (non-hydrogen) atoms. The highest BCUT2D eigenvalue weighted by molar-refractivity contribution is 5.77. The van der Waals surface area contributed by atoms with E-state index in [2.05, 4.69) is 33.6 Å². The van der Waals surface area contributed by atoms with Gasteiger partial charge in [0.05, 0.1) is 0 Å². The van der Waals surface area contributed by atoms with Crippen LogP contribution in [0.3, 0.4) is 0 Å². The molecule has 0 spiro atoms. The lowest BCUT2D eigenvalue weighted by Crippen LogP contribution is -2.20. The average molecular weight is 229 g/mol. The Morgan fingerprint density at radius 2 is 2.29 bits per heavy atom. The average Bonchev–Trinajstić information content (AvgIpc) is 2.73. The molecule has 0 unspecified atom stereocenters. The van der Waals surface area contributed by atoms with Crippen LogP contribution in [-0.2, 0) is 0 Å². The summed E-state index contributed by atoms with van der Waals surface area (Å²) in [5.74, 6) is 0.329. The van der Waals surface area contributed by atoms with Crippen LogP contribution >= 0.6 is 0 Å². The number of aromatic nitrogens is 3. The Kier molecular flexibility index (Phi) is 2.33. The Balaban J connectivity index is 2.22. The van der Waals surface area contributed by atoms with Gasteiger partial charge in [-0.25, -0.2) is 4.52 Å². The van der Waals surface area contributed by atoms with Crippen LogP contribution in [0, 0.1) is 6.92 Å². The molecule has 3 heterocycles. The van der Waals surface area contributed by atoms with Crippen molar-refractivity contribution in [3.63, 3.8) is 0 Å². The number of nitrogens with one attached hydrogen (secondary N) is 1. The molecule has 3 rings (SSSR count). The number of anilines is 1.